The minimum atomic E-state index is -4.78. The van der Waals surface area contributed by atoms with E-state index in [1.807, 2.05) is 0 Å². The number of hydrogen-bond acceptors (Lipinski definition) is 4. The highest BCUT2D eigenvalue weighted by molar-refractivity contribution is 5.95. The molecule has 0 aromatic carbocycles. The lowest BCUT2D eigenvalue weighted by molar-refractivity contribution is -0.162. The Morgan fingerprint density at radius 3 is 2.64 bits per heavy atom. The Bertz CT molecular complexity index is 665. The third-order valence-electron chi connectivity index (χ3n) is 4.57. The molecule has 6 nitrogen and oxygen atoms in total. The second-order valence-corrected chi connectivity index (χ2v) is 6.13. The van der Waals surface area contributed by atoms with Crippen LogP contribution in [-0.2, 0) is 11.0 Å². The summed E-state index contributed by atoms with van der Waals surface area (Å²) in [6, 6.07) is 2.25. The molecule has 2 N–H and O–H groups in total. The van der Waals surface area contributed by atoms with Crippen LogP contribution in [0.5, 0.6) is 0 Å². The van der Waals surface area contributed by atoms with Crippen LogP contribution in [0, 0.1) is 5.41 Å². The SMILES string of the molecule is CCC[C@]1(C(=O)O)CCN(C(=O)c2cccnc2C(F)(F)F)C[C@@H]1O. The molecular formula is C16H19F3N2O4. The summed E-state index contributed by atoms with van der Waals surface area (Å²) in [7, 11) is 0. The topological polar surface area (TPSA) is 90.7 Å². The summed E-state index contributed by atoms with van der Waals surface area (Å²) >= 11 is 0. The van der Waals surface area contributed by atoms with E-state index >= 15 is 0 Å². The maximum Gasteiger partial charge on any atom is 0.434 e. The highest BCUT2D eigenvalue weighted by atomic mass is 19.4. The Balaban J connectivity index is 2.26. The van der Waals surface area contributed by atoms with Crippen LogP contribution in [0.4, 0.5) is 13.2 Å². The van der Waals surface area contributed by atoms with Gasteiger partial charge in [0.1, 0.15) is 0 Å². The molecule has 2 atom stereocenters. The number of likely N-dealkylation sites (tertiary alicyclic amines) is 1. The van der Waals surface area contributed by atoms with Gasteiger partial charge < -0.3 is 15.1 Å². The van der Waals surface area contributed by atoms with E-state index in [-0.39, 0.29) is 25.9 Å². The fourth-order valence-corrected chi connectivity index (χ4v) is 3.23. The highest BCUT2D eigenvalue weighted by Crippen LogP contribution is 2.38. The number of carbonyl (C=O) groups excluding carboxylic acids is 1. The fraction of sp³-hybridized carbons (Fsp3) is 0.562. The number of piperidine rings is 1. The molecule has 2 rings (SSSR count). The standard InChI is InChI=1S/C16H19F3N2O4/c1-2-5-15(14(24)25)6-8-21(9-11(15)22)13(23)10-4-3-7-20-12(10)16(17,18)19/h3-4,7,11,22H,2,5-6,8-9H2,1H3,(H,24,25)/t11-,15-/m0/s1. The van der Waals surface area contributed by atoms with E-state index in [0.29, 0.717) is 6.42 Å². The van der Waals surface area contributed by atoms with Gasteiger partial charge in [-0.3, -0.25) is 14.6 Å². The van der Waals surface area contributed by atoms with Gasteiger partial charge in [-0.25, -0.2) is 0 Å². The van der Waals surface area contributed by atoms with Crippen molar-refractivity contribution in [3.8, 4) is 0 Å². The van der Waals surface area contributed by atoms with Crippen LogP contribution in [0.15, 0.2) is 18.3 Å². The lowest BCUT2D eigenvalue weighted by Gasteiger charge is -2.42. The van der Waals surface area contributed by atoms with Crippen molar-refractivity contribution in [2.45, 2.75) is 38.5 Å². The Kier molecular flexibility index (Phi) is 5.36. The molecule has 1 fully saturated rings. The number of alkyl halides is 3. The number of carboxylic acids is 1. The smallest absolute Gasteiger partial charge is 0.434 e. The number of carbonyl (C=O) groups is 2. The minimum Gasteiger partial charge on any atom is -0.481 e. The molecule has 2 heterocycles. The van der Waals surface area contributed by atoms with E-state index < -0.39 is 40.8 Å². The van der Waals surface area contributed by atoms with Gasteiger partial charge in [0, 0.05) is 19.3 Å². The first kappa shape index (κ1) is 19.2. The number of pyridine rings is 1. The Morgan fingerprint density at radius 2 is 2.12 bits per heavy atom. The van der Waals surface area contributed by atoms with E-state index in [1.54, 1.807) is 6.92 Å². The monoisotopic (exact) mass is 360 g/mol. The van der Waals surface area contributed by atoms with Crippen molar-refractivity contribution < 1.29 is 33.0 Å². The molecule has 1 aliphatic heterocycles. The van der Waals surface area contributed by atoms with Crippen molar-refractivity contribution in [1.29, 1.82) is 0 Å². The summed E-state index contributed by atoms with van der Waals surface area (Å²) < 4.78 is 39.1. The van der Waals surface area contributed by atoms with Crippen molar-refractivity contribution in [2.75, 3.05) is 13.1 Å². The summed E-state index contributed by atoms with van der Waals surface area (Å²) in [6.45, 7) is 1.39. The molecule has 1 amide bonds. The lowest BCUT2D eigenvalue weighted by atomic mass is 9.72. The van der Waals surface area contributed by atoms with Crippen molar-refractivity contribution >= 4 is 11.9 Å². The Labute approximate surface area is 142 Å². The first-order chi connectivity index (χ1) is 11.6. The number of aromatic nitrogens is 1. The van der Waals surface area contributed by atoms with Crippen molar-refractivity contribution in [3.05, 3.63) is 29.6 Å². The van der Waals surface area contributed by atoms with Gasteiger partial charge in [0.2, 0.25) is 0 Å². The van der Waals surface area contributed by atoms with Crippen LogP contribution >= 0.6 is 0 Å². The quantitative estimate of drug-likeness (QED) is 0.859. The molecule has 0 bridgehead atoms. The van der Waals surface area contributed by atoms with Crippen LogP contribution < -0.4 is 0 Å². The zero-order valence-electron chi connectivity index (χ0n) is 13.6. The molecule has 0 unspecified atom stereocenters. The molecule has 1 saturated heterocycles. The Morgan fingerprint density at radius 1 is 1.44 bits per heavy atom. The van der Waals surface area contributed by atoms with Crippen molar-refractivity contribution in [3.63, 3.8) is 0 Å². The number of rotatable bonds is 4. The number of aliphatic hydroxyl groups is 1. The number of carboxylic acid groups (broad SMARTS) is 1. The first-order valence-corrected chi connectivity index (χ1v) is 7.86. The Hall–Kier alpha value is -2.16. The first-order valence-electron chi connectivity index (χ1n) is 7.86. The average molecular weight is 360 g/mol. The van der Waals surface area contributed by atoms with Crippen LogP contribution in [0.1, 0.15) is 42.2 Å². The number of β-amino-alcohol motifs (C(OH)–C–C–N with tert-alkyl or cyclic N) is 1. The molecule has 0 aliphatic carbocycles. The minimum absolute atomic E-state index is 0.0231. The van der Waals surface area contributed by atoms with Crippen molar-refractivity contribution in [2.24, 2.45) is 5.41 Å². The van der Waals surface area contributed by atoms with Crippen LogP contribution in [0.2, 0.25) is 0 Å². The molecule has 0 spiro atoms. The largest absolute Gasteiger partial charge is 0.481 e. The molecule has 1 aromatic rings. The zero-order valence-corrected chi connectivity index (χ0v) is 13.6. The van der Waals surface area contributed by atoms with E-state index in [0.717, 1.165) is 17.2 Å². The maximum atomic E-state index is 13.0. The summed E-state index contributed by atoms with van der Waals surface area (Å²) in [4.78, 5) is 28.4. The summed E-state index contributed by atoms with van der Waals surface area (Å²) in [5.41, 5.74) is -3.29. The molecule has 138 valence electrons. The molecule has 1 aliphatic rings. The number of nitrogens with zero attached hydrogens (tertiary/aromatic N) is 2. The van der Waals surface area contributed by atoms with Crippen LogP contribution in [-0.4, -0.2) is 51.2 Å². The van der Waals surface area contributed by atoms with E-state index in [1.165, 1.54) is 6.07 Å². The second kappa shape index (κ2) is 6.99. The molecule has 9 heteroatoms. The average Bonchev–Trinajstić information content (AvgIpc) is 2.55. The number of hydrogen-bond donors (Lipinski definition) is 2. The highest BCUT2D eigenvalue weighted by Gasteiger charge is 2.49. The lowest BCUT2D eigenvalue weighted by Crippen LogP contribution is -2.56. The zero-order chi connectivity index (χ0) is 18.8. The number of halogens is 3. The predicted octanol–water partition coefficient (Wildman–Crippen LogP) is 2.18. The van der Waals surface area contributed by atoms with Crippen LogP contribution in [0.25, 0.3) is 0 Å². The maximum absolute atomic E-state index is 13.0. The third-order valence-corrected chi connectivity index (χ3v) is 4.57. The predicted molar refractivity (Wildman–Crippen MR) is 80.7 cm³/mol. The number of aliphatic carboxylic acids is 1. The van der Waals surface area contributed by atoms with Gasteiger partial charge in [-0.15, -0.1) is 0 Å². The van der Waals surface area contributed by atoms with E-state index in [9.17, 15) is 33.0 Å². The molecular weight excluding hydrogens is 341 g/mol. The van der Waals surface area contributed by atoms with Gasteiger partial charge in [0.25, 0.3) is 5.91 Å². The molecule has 25 heavy (non-hydrogen) atoms. The molecule has 0 radical (unpaired) electrons. The van der Waals surface area contributed by atoms with Gasteiger partial charge in [-0.05, 0) is 25.0 Å². The van der Waals surface area contributed by atoms with Gasteiger partial charge in [0.05, 0.1) is 17.1 Å². The second-order valence-electron chi connectivity index (χ2n) is 6.13. The molecule has 1 aromatic heterocycles. The number of amides is 1. The van der Waals surface area contributed by atoms with Gasteiger partial charge in [-0.2, -0.15) is 13.2 Å². The van der Waals surface area contributed by atoms with Gasteiger partial charge in [0.15, 0.2) is 5.69 Å². The van der Waals surface area contributed by atoms with Crippen molar-refractivity contribution in [1.82, 2.24) is 9.88 Å². The van der Waals surface area contributed by atoms with Gasteiger partial charge in [-0.1, -0.05) is 13.3 Å². The van der Waals surface area contributed by atoms with Crippen LogP contribution in [0.3, 0.4) is 0 Å². The molecule has 0 saturated carbocycles. The normalized spacial score (nSPS) is 24.2. The summed E-state index contributed by atoms with van der Waals surface area (Å²) in [5.74, 6) is -2.08. The summed E-state index contributed by atoms with van der Waals surface area (Å²) in [6.07, 6.45) is -4.46. The fourth-order valence-electron chi connectivity index (χ4n) is 3.23. The number of aliphatic hydroxyl groups excluding tert-OH is 1. The van der Waals surface area contributed by atoms with E-state index in [2.05, 4.69) is 4.98 Å². The van der Waals surface area contributed by atoms with E-state index in [4.69, 9.17) is 0 Å². The third kappa shape index (κ3) is 3.60. The summed E-state index contributed by atoms with van der Waals surface area (Å²) in [5, 5.41) is 19.8. The van der Waals surface area contributed by atoms with Gasteiger partial charge >= 0.3 is 12.1 Å².